The molecule has 0 saturated carbocycles. The molecule has 1 aromatic rings. The van der Waals surface area contributed by atoms with Gasteiger partial charge in [-0.2, -0.15) is 0 Å². The summed E-state index contributed by atoms with van der Waals surface area (Å²) < 4.78 is 0. The summed E-state index contributed by atoms with van der Waals surface area (Å²) in [6.07, 6.45) is 1.66. The normalized spacial score (nSPS) is 17.6. The van der Waals surface area contributed by atoms with Gasteiger partial charge in [-0.15, -0.1) is 0 Å². The molecule has 0 bridgehead atoms. The number of ketones is 1. The van der Waals surface area contributed by atoms with E-state index in [1.54, 1.807) is 0 Å². The van der Waals surface area contributed by atoms with Gasteiger partial charge >= 0.3 is 0 Å². The minimum Gasteiger partial charge on any atom is -0.294 e. The molecule has 0 amide bonds. The Labute approximate surface area is 110 Å². The third kappa shape index (κ3) is 2.03. The van der Waals surface area contributed by atoms with Crippen LogP contribution in [0.1, 0.15) is 68.9 Å². The van der Waals surface area contributed by atoms with E-state index >= 15 is 0 Å². The molecule has 1 aliphatic carbocycles. The molecule has 0 saturated heterocycles. The molecular weight excluding hydrogens is 220 g/mol. The Morgan fingerprint density at radius 3 is 2.56 bits per heavy atom. The summed E-state index contributed by atoms with van der Waals surface area (Å²) in [5.41, 5.74) is 6.46. The molecule has 1 nitrogen and oxygen atoms in total. The molecule has 0 fully saturated rings. The van der Waals surface area contributed by atoms with Crippen molar-refractivity contribution in [2.75, 3.05) is 0 Å². The minimum absolute atomic E-state index is 0.128. The van der Waals surface area contributed by atoms with E-state index in [4.69, 9.17) is 0 Å². The molecule has 0 aromatic heterocycles. The maximum Gasteiger partial charge on any atom is 0.162 e. The third-order valence-corrected chi connectivity index (χ3v) is 4.14. The van der Waals surface area contributed by atoms with Gasteiger partial charge in [0.2, 0.25) is 0 Å². The van der Waals surface area contributed by atoms with Crippen LogP contribution in [0, 0.1) is 0 Å². The van der Waals surface area contributed by atoms with Gasteiger partial charge in [0.15, 0.2) is 5.78 Å². The molecule has 0 spiro atoms. The number of Topliss-reactive ketones (excluding diaryl/α,β-unsaturated/α-hetero) is 1. The first-order valence-corrected chi connectivity index (χ1v) is 6.71. The summed E-state index contributed by atoms with van der Waals surface area (Å²) in [4.78, 5) is 11.8. The molecule has 0 aliphatic heterocycles. The Hall–Kier alpha value is -1.37. The number of carbonyl (C=O) groups is 1. The number of carbonyl (C=O) groups excluding carboxylic acids is 1. The van der Waals surface area contributed by atoms with Crippen LogP contribution in [0.25, 0.3) is 5.57 Å². The Morgan fingerprint density at radius 1 is 1.28 bits per heavy atom. The highest BCUT2D eigenvalue weighted by molar-refractivity contribution is 5.96. The highest BCUT2D eigenvalue weighted by atomic mass is 16.1. The Bertz CT molecular complexity index is 533. The third-order valence-electron chi connectivity index (χ3n) is 4.14. The van der Waals surface area contributed by atoms with Gasteiger partial charge in [0.25, 0.3) is 0 Å². The average molecular weight is 242 g/mol. The van der Waals surface area contributed by atoms with Crippen molar-refractivity contribution in [1.29, 1.82) is 0 Å². The van der Waals surface area contributed by atoms with Crippen molar-refractivity contribution in [3.8, 4) is 0 Å². The van der Waals surface area contributed by atoms with E-state index < -0.39 is 0 Å². The zero-order chi connectivity index (χ0) is 13.5. The second-order valence-corrected chi connectivity index (χ2v) is 6.00. The summed E-state index contributed by atoms with van der Waals surface area (Å²) in [6.45, 7) is 10.8. The highest BCUT2D eigenvalue weighted by Crippen LogP contribution is 2.42. The standard InChI is InChI=1S/C17H22O/c1-6-16(18)13-7-8-14-12(3)11(2)10-17(4,5)15(14)9-13/h7-9H,6,10H2,1-5H3. The molecule has 0 unspecified atom stereocenters. The Balaban J connectivity index is 2.62. The van der Waals surface area contributed by atoms with Crippen LogP contribution < -0.4 is 0 Å². The van der Waals surface area contributed by atoms with Crippen LogP contribution in [0.15, 0.2) is 23.8 Å². The van der Waals surface area contributed by atoms with E-state index in [9.17, 15) is 4.79 Å². The molecule has 0 atom stereocenters. The fraction of sp³-hybridized carbons (Fsp3) is 0.471. The first kappa shape index (κ1) is 13.1. The highest BCUT2D eigenvalue weighted by Gasteiger charge is 2.30. The van der Waals surface area contributed by atoms with Gasteiger partial charge in [-0.1, -0.05) is 38.5 Å². The van der Waals surface area contributed by atoms with E-state index in [0.29, 0.717) is 6.42 Å². The van der Waals surface area contributed by atoms with E-state index in [1.165, 1.54) is 22.3 Å². The molecule has 1 aliphatic rings. The van der Waals surface area contributed by atoms with Crippen molar-refractivity contribution in [2.24, 2.45) is 0 Å². The predicted molar refractivity (Wildman–Crippen MR) is 77.0 cm³/mol. The lowest BCUT2D eigenvalue weighted by Gasteiger charge is -2.34. The lowest BCUT2D eigenvalue weighted by molar-refractivity contribution is 0.0988. The fourth-order valence-electron chi connectivity index (χ4n) is 2.93. The second kappa shape index (κ2) is 4.38. The van der Waals surface area contributed by atoms with Crippen LogP contribution in [0.3, 0.4) is 0 Å². The van der Waals surface area contributed by atoms with Crippen LogP contribution in [0.5, 0.6) is 0 Å². The number of allylic oxidation sites excluding steroid dienone is 2. The first-order valence-electron chi connectivity index (χ1n) is 6.71. The van der Waals surface area contributed by atoms with E-state index in [0.717, 1.165) is 12.0 Å². The SMILES string of the molecule is CCC(=O)c1ccc2c(c1)C(C)(C)CC(C)=C2C. The largest absolute Gasteiger partial charge is 0.294 e. The van der Waals surface area contributed by atoms with Gasteiger partial charge < -0.3 is 0 Å². The van der Waals surface area contributed by atoms with Crippen molar-refractivity contribution in [2.45, 2.75) is 52.9 Å². The molecule has 2 rings (SSSR count). The molecule has 0 N–H and O–H groups in total. The number of fused-ring (bicyclic) bond motifs is 1. The summed E-state index contributed by atoms with van der Waals surface area (Å²) in [6, 6.07) is 6.21. The van der Waals surface area contributed by atoms with Gasteiger partial charge in [-0.3, -0.25) is 4.79 Å². The van der Waals surface area contributed by atoms with Crippen molar-refractivity contribution in [1.82, 2.24) is 0 Å². The van der Waals surface area contributed by atoms with Crippen LogP contribution in [-0.4, -0.2) is 5.78 Å². The Kier molecular flexibility index (Phi) is 3.18. The lowest BCUT2D eigenvalue weighted by atomic mass is 9.70. The lowest BCUT2D eigenvalue weighted by Crippen LogP contribution is -2.24. The molecule has 0 radical (unpaired) electrons. The van der Waals surface area contributed by atoms with Gasteiger partial charge in [-0.25, -0.2) is 0 Å². The van der Waals surface area contributed by atoms with Gasteiger partial charge in [0, 0.05) is 12.0 Å². The van der Waals surface area contributed by atoms with Crippen LogP contribution in [-0.2, 0) is 5.41 Å². The topological polar surface area (TPSA) is 17.1 Å². The minimum atomic E-state index is 0.128. The number of hydrogen-bond donors (Lipinski definition) is 0. The fourth-order valence-corrected chi connectivity index (χ4v) is 2.93. The number of benzene rings is 1. The van der Waals surface area contributed by atoms with Gasteiger partial charge in [-0.05, 0) is 48.4 Å². The van der Waals surface area contributed by atoms with Crippen molar-refractivity contribution in [3.05, 3.63) is 40.5 Å². The average Bonchev–Trinajstić information content (AvgIpc) is 2.34. The maximum atomic E-state index is 11.8. The quantitative estimate of drug-likeness (QED) is 0.684. The maximum absolute atomic E-state index is 11.8. The van der Waals surface area contributed by atoms with Crippen molar-refractivity contribution < 1.29 is 4.79 Å². The predicted octanol–water partition coefficient (Wildman–Crippen LogP) is 4.75. The van der Waals surface area contributed by atoms with E-state index in [2.05, 4.69) is 39.8 Å². The number of rotatable bonds is 2. The molecular formula is C17H22O. The first-order chi connectivity index (χ1) is 8.36. The zero-order valence-electron chi connectivity index (χ0n) is 12.1. The Morgan fingerprint density at radius 2 is 1.94 bits per heavy atom. The molecule has 18 heavy (non-hydrogen) atoms. The summed E-state index contributed by atoms with van der Waals surface area (Å²) in [5, 5.41) is 0. The monoisotopic (exact) mass is 242 g/mol. The smallest absolute Gasteiger partial charge is 0.162 e. The van der Waals surface area contributed by atoms with Gasteiger partial charge in [0.05, 0.1) is 0 Å². The van der Waals surface area contributed by atoms with Crippen molar-refractivity contribution in [3.63, 3.8) is 0 Å². The summed E-state index contributed by atoms with van der Waals surface area (Å²) in [7, 11) is 0. The van der Waals surface area contributed by atoms with Crippen molar-refractivity contribution >= 4 is 11.4 Å². The molecule has 1 heteroatoms. The van der Waals surface area contributed by atoms with Crippen LogP contribution >= 0.6 is 0 Å². The van der Waals surface area contributed by atoms with Crippen LogP contribution in [0.4, 0.5) is 0 Å². The second-order valence-electron chi connectivity index (χ2n) is 6.00. The zero-order valence-corrected chi connectivity index (χ0v) is 12.1. The van der Waals surface area contributed by atoms with E-state index in [1.807, 2.05) is 13.0 Å². The molecule has 96 valence electrons. The molecule has 1 aromatic carbocycles. The summed E-state index contributed by atoms with van der Waals surface area (Å²) >= 11 is 0. The van der Waals surface area contributed by atoms with E-state index in [-0.39, 0.29) is 11.2 Å². The van der Waals surface area contributed by atoms with Crippen LogP contribution in [0.2, 0.25) is 0 Å². The molecule has 0 heterocycles. The number of hydrogen-bond acceptors (Lipinski definition) is 1. The summed E-state index contributed by atoms with van der Waals surface area (Å²) in [5.74, 6) is 0.234. The van der Waals surface area contributed by atoms with Gasteiger partial charge in [0.1, 0.15) is 0 Å².